The molecule has 2 aromatic rings. The quantitative estimate of drug-likeness (QED) is 0.851. The second kappa shape index (κ2) is 7.38. The summed E-state index contributed by atoms with van der Waals surface area (Å²) in [6.07, 6.45) is 1.09. The van der Waals surface area contributed by atoms with Crippen LogP contribution in [-0.4, -0.2) is 39.5 Å². The Labute approximate surface area is 127 Å². The first-order valence-corrected chi connectivity index (χ1v) is 7.61. The van der Waals surface area contributed by atoms with E-state index in [2.05, 4.69) is 42.9 Å². The van der Waals surface area contributed by atoms with Crippen molar-refractivity contribution in [3.05, 3.63) is 47.3 Å². The molecule has 4 nitrogen and oxygen atoms in total. The molecule has 0 aliphatic carbocycles. The van der Waals surface area contributed by atoms with Crippen molar-refractivity contribution in [2.45, 2.75) is 33.7 Å². The number of hydrogen-bond acceptors (Lipinski definition) is 3. The Balaban J connectivity index is 2.27. The van der Waals surface area contributed by atoms with E-state index < -0.39 is 0 Å². The van der Waals surface area contributed by atoms with Gasteiger partial charge < -0.3 is 5.11 Å². The van der Waals surface area contributed by atoms with Crippen LogP contribution in [0.4, 0.5) is 0 Å². The molecule has 4 heteroatoms. The van der Waals surface area contributed by atoms with E-state index in [1.54, 1.807) is 0 Å². The predicted octanol–water partition coefficient (Wildman–Crippen LogP) is 2.69. The summed E-state index contributed by atoms with van der Waals surface area (Å²) in [7, 11) is 0. The third kappa shape index (κ3) is 3.71. The highest BCUT2D eigenvalue weighted by Crippen LogP contribution is 2.19. The lowest BCUT2D eigenvalue weighted by Gasteiger charge is -2.20. The summed E-state index contributed by atoms with van der Waals surface area (Å²) in [5.74, 6) is 0. The fourth-order valence-electron chi connectivity index (χ4n) is 2.68. The van der Waals surface area contributed by atoms with Gasteiger partial charge in [0.2, 0.25) is 0 Å². The molecule has 0 fully saturated rings. The SMILES string of the molecule is CCCN(CCO)Cc1c(C)nn(-c2ccccc2)c1C. The molecule has 0 aliphatic heterocycles. The largest absolute Gasteiger partial charge is 0.395 e. The van der Waals surface area contributed by atoms with Crippen LogP contribution >= 0.6 is 0 Å². The van der Waals surface area contributed by atoms with Gasteiger partial charge in [0, 0.05) is 24.3 Å². The summed E-state index contributed by atoms with van der Waals surface area (Å²) in [5, 5.41) is 13.9. The first kappa shape index (κ1) is 15.7. The molecule has 0 atom stereocenters. The van der Waals surface area contributed by atoms with E-state index in [0.717, 1.165) is 30.9 Å². The monoisotopic (exact) mass is 287 g/mol. The lowest BCUT2D eigenvalue weighted by Crippen LogP contribution is -2.27. The van der Waals surface area contributed by atoms with Crippen molar-refractivity contribution in [2.24, 2.45) is 0 Å². The van der Waals surface area contributed by atoms with E-state index in [9.17, 15) is 5.11 Å². The molecule has 0 saturated carbocycles. The van der Waals surface area contributed by atoms with Crippen LogP contribution in [0.15, 0.2) is 30.3 Å². The van der Waals surface area contributed by atoms with Crippen LogP contribution < -0.4 is 0 Å². The summed E-state index contributed by atoms with van der Waals surface area (Å²) < 4.78 is 2.01. The van der Waals surface area contributed by atoms with E-state index in [-0.39, 0.29) is 6.61 Å². The molecule has 0 radical (unpaired) electrons. The van der Waals surface area contributed by atoms with Crippen molar-refractivity contribution in [3.63, 3.8) is 0 Å². The number of aliphatic hydroxyl groups excluding tert-OH is 1. The zero-order valence-electron chi connectivity index (χ0n) is 13.2. The van der Waals surface area contributed by atoms with Gasteiger partial charge in [0.1, 0.15) is 0 Å². The minimum atomic E-state index is 0.199. The minimum absolute atomic E-state index is 0.199. The molecule has 0 aliphatic rings. The molecule has 1 aromatic heterocycles. The fraction of sp³-hybridized carbons (Fsp3) is 0.471. The van der Waals surface area contributed by atoms with Crippen LogP contribution in [0.3, 0.4) is 0 Å². The van der Waals surface area contributed by atoms with Crippen molar-refractivity contribution in [1.29, 1.82) is 0 Å². The van der Waals surface area contributed by atoms with E-state index in [1.807, 2.05) is 22.9 Å². The van der Waals surface area contributed by atoms with Crippen LogP contribution in [-0.2, 0) is 6.54 Å². The van der Waals surface area contributed by atoms with E-state index in [1.165, 1.54) is 11.3 Å². The van der Waals surface area contributed by atoms with E-state index in [4.69, 9.17) is 0 Å². The highest BCUT2D eigenvalue weighted by Gasteiger charge is 2.15. The molecule has 114 valence electrons. The lowest BCUT2D eigenvalue weighted by atomic mass is 10.1. The van der Waals surface area contributed by atoms with Gasteiger partial charge in [0.15, 0.2) is 0 Å². The van der Waals surface area contributed by atoms with Crippen LogP contribution in [0.1, 0.15) is 30.3 Å². The third-order valence-electron chi connectivity index (χ3n) is 3.78. The maximum absolute atomic E-state index is 9.20. The predicted molar refractivity (Wildman–Crippen MR) is 85.7 cm³/mol. The van der Waals surface area contributed by atoms with Crippen molar-refractivity contribution < 1.29 is 5.11 Å². The lowest BCUT2D eigenvalue weighted by molar-refractivity contribution is 0.190. The van der Waals surface area contributed by atoms with Crippen molar-refractivity contribution in [3.8, 4) is 5.69 Å². The topological polar surface area (TPSA) is 41.3 Å². The van der Waals surface area contributed by atoms with Crippen LogP contribution in [0.2, 0.25) is 0 Å². The highest BCUT2D eigenvalue weighted by atomic mass is 16.3. The molecule has 1 heterocycles. The van der Waals surface area contributed by atoms with Gasteiger partial charge in [-0.2, -0.15) is 5.10 Å². The number of aryl methyl sites for hydroxylation is 1. The summed E-state index contributed by atoms with van der Waals surface area (Å²) in [5.41, 5.74) is 4.60. The molecule has 0 bridgehead atoms. The molecular weight excluding hydrogens is 262 g/mol. The number of nitrogens with zero attached hydrogens (tertiary/aromatic N) is 3. The molecule has 21 heavy (non-hydrogen) atoms. The van der Waals surface area contributed by atoms with Gasteiger partial charge >= 0.3 is 0 Å². The highest BCUT2D eigenvalue weighted by molar-refractivity contribution is 5.36. The third-order valence-corrected chi connectivity index (χ3v) is 3.78. The standard InChI is InChI=1S/C17H25N3O/c1-4-10-19(11-12-21)13-17-14(2)18-20(15(17)3)16-8-6-5-7-9-16/h5-9,21H,4,10-13H2,1-3H3. The molecule has 2 rings (SSSR count). The average molecular weight is 287 g/mol. The van der Waals surface area contributed by atoms with Crippen molar-refractivity contribution in [1.82, 2.24) is 14.7 Å². The van der Waals surface area contributed by atoms with Crippen LogP contribution in [0, 0.1) is 13.8 Å². The Morgan fingerprint density at radius 2 is 1.86 bits per heavy atom. The van der Waals surface area contributed by atoms with Gasteiger partial charge in [-0.1, -0.05) is 25.1 Å². The van der Waals surface area contributed by atoms with Crippen LogP contribution in [0.25, 0.3) is 5.69 Å². The maximum atomic E-state index is 9.20. The van der Waals surface area contributed by atoms with Gasteiger partial charge in [0.25, 0.3) is 0 Å². The number of para-hydroxylation sites is 1. The summed E-state index contributed by atoms with van der Waals surface area (Å²) in [6, 6.07) is 10.2. The smallest absolute Gasteiger partial charge is 0.0648 e. The van der Waals surface area contributed by atoms with E-state index >= 15 is 0 Å². The number of aliphatic hydroxyl groups is 1. The average Bonchev–Trinajstić information content (AvgIpc) is 2.77. The zero-order chi connectivity index (χ0) is 15.2. The fourth-order valence-corrected chi connectivity index (χ4v) is 2.68. The van der Waals surface area contributed by atoms with Gasteiger partial charge in [-0.05, 0) is 38.9 Å². The molecule has 0 spiro atoms. The minimum Gasteiger partial charge on any atom is -0.395 e. The Bertz CT molecular complexity index is 557. The van der Waals surface area contributed by atoms with Crippen molar-refractivity contribution >= 4 is 0 Å². The summed E-state index contributed by atoms with van der Waals surface area (Å²) in [4.78, 5) is 2.28. The van der Waals surface area contributed by atoms with Crippen molar-refractivity contribution in [2.75, 3.05) is 19.7 Å². The van der Waals surface area contributed by atoms with Gasteiger partial charge in [-0.15, -0.1) is 0 Å². The molecule has 1 N–H and O–H groups in total. The Kier molecular flexibility index (Phi) is 5.53. The first-order valence-electron chi connectivity index (χ1n) is 7.61. The number of benzene rings is 1. The Hall–Kier alpha value is -1.65. The van der Waals surface area contributed by atoms with Gasteiger partial charge in [0.05, 0.1) is 18.0 Å². The number of aromatic nitrogens is 2. The first-order chi connectivity index (χ1) is 10.2. The van der Waals surface area contributed by atoms with Gasteiger partial charge in [-0.25, -0.2) is 4.68 Å². The maximum Gasteiger partial charge on any atom is 0.0648 e. The normalized spacial score (nSPS) is 11.3. The summed E-state index contributed by atoms with van der Waals surface area (Å²) in [6.45, 7) is 9.09. The Morgan fingerprint density at radius 3 is 2.48 bits per heavy atom. The molecular formula is C17H25N3O. The molecule has 0 amide bonds. The van der Waals surface area contributed by atoms with Gasteiger partial charge in [-0.3, -0.25) is 4.90 Å². The second-order valence-electron chi connectivity index (χ2n) is 5.40. The van der Waals surface area contributed by atoms with Crippen LogP contribution in [0.5, 0.6) is 0 Å². The number of rotatable bonds is 7. The zero-order valence-corrected chi connectivity index (χ0v) is 13.2. The molecule has 0 unspecified atom stereocenters. The second-order valence-corrected chi connectivity index (χ2v) is 5.40. The van der Waals surface area contributed by atoms with E-state index in [0.29, 0.717) is 6.54 Å². The molecule has 1 aromatic carbocycles. The number of hydrogen-bond donors (Lipinski definition) is 1. The summed E-state index contributed by atoms with van der Waals surface area (Å²) >= 11 is 0. The Morgan fingerprint density at radius 1 is 1.14 bits per heavy atom. The molecule has 0 saturated heterocycles.